The molecular formula is C18H34N2O2. The summed E-state index contributed by atoms with van der Waals surface area (Å²) in [5.41, 5.74) is 0. The number of carbonyl (C=O) groups is 1. The monoisotopic (exact) mass is 310 g/mol. The molecule has 0 aromatic rings. The Labute approximate surface area is 136 Å². The summed E-state index contributed by atoms with van der Waals surface area (Å²) in [5.74, 6) is 0.624. The lowest BCUT2D eigenvalue weighted by Crippen LogP contribution is -2.53. The third kappa shape index (κ3) is 5.45. The lowest BCUT2D eigenvalue weighted by molar-refractivity contribution is 0.0741. The first-order valence-corrected chi connectivity index (χ1v) is 9.40. The predicted octanol–water partition coefficient (Wildman–Crippen LogP) is 3.95. The maximum absolute atomic E-state index is 12.1. The molecule has 0 spiro atoms. The number of likely N-dealkylation sites (tertiary alicyclic amines) is 1. The first-order valence-electron chi connectivity index (χ1n) is 9.40. The molecule has 2 fully saturated rings. The third-order valence-electron chi connectivity index (χ3n) is 5.11. The lowest BCUT2D eigenvalue weighted by Gasteiger charge is -2.39. The van der Waals surface area contributed by atoms with Crippen LogP contribution in [0.1, 0.15) is 71.6 Å². The van der Waals surface area contributed by atoms with Crippen molar-refractivity contribution in [3.05, 3.63) is 0 Å². The summed E-state index contributed by atoms with van der Waals surface area (Å²) in [7, 11) is 0. The van der Waals surface area contributed by atoms with Crippen LogP contribution in [0.15, 0.2) is 0 Å². The van der Waals surface area contributed by atoms with Gasteiger partial charge in [0.2, 0.25) is 0 Å². The zero-order valence-electron chi connectivity index (χ0n) is 14.5. The molecule has 1 aliphatic carbocycles. The molecule has 0 radical (unpaired) electrons. The van der Waals surface area contributed by atoms with Crippen LogP contribution in [-0.2, 0) is 4.74 Å². The van der Waals surface area contributed by atoms with E-state index in [9.17, 15) is 4.79 Å². The van der Waals surface area contributed by atoms with Crippen molar-refractivity contribution in [2.24, 2.45) is 5.92 Å². The van der Waals surface area contributed by atoms with Gasteiger partial charge in [0.1, 0.15) is 0 Å². The average molecular weight is 310 g/mol. The van der Waals surface area contributed by atoms with Gasteiger partial charge < -0.3 is 15.0 Å². The molecule has 1 aliphatic heterocycles. The summed E-state index contributed by atoms with van der Waals surface area (Å²) in [6.45, 7) is 6.28. The molecular weight excluding hydrogens is 276 g/mol. The largest absolute Gasteiger partial charge is 0.450 e. The van der Waals surface area contributed by atoms with E-state index in [-0.39, 0.29) is 6.09 Å². The summed E-state index contributed by atoms with van der Waals surface area (Å²) < 4.78 is 5.23. The molecule has 22 heavy (non-hydrogen) atoms. The number of amides is 1. The molecule has 1 saturated heterocycles. The molecule has 1 heterocycles. The highest BCUT2D eigenvalue weighted by atomic mass is 16.6. The number of piperidine rings is 1. The van der Waals surface area contributed by atoms with E-state index in [1.165, 1.54) is 57.8 Å². The standard InChI is InChI=1S/C18H34N2O2/c1-3-5-9-15-12-17(19-16-10-7-6-8-11-16)14-20(13-15)18(21)22-4-2/h15-17,19H,3-14H2,1-2H3. The minimum atomic E-state index is -0.126. The van der Waals surface area contributed by atoms with E-state index in [1.54, 1.807) is 0 Å². The molecule has 1 N–H and O–H groups in total. The first kappa shape index (κ1) is 17.6. The molecule has 2 aliphatic rings. The van der Waals surface area contributed by atoms with E-state index in [0.717, 1.165) is 13.1 Å². The Kier molecular flexibility index (Phi) is 7.50. The van der Waals surface area contributed by atoms with Gasteiger partial charge in [-0.05, 0) is 38.5 Å². The third-order valence-corrected chi connectivity index (χ3v) is 5.11. The number of hydrogen-bond donors (Lipinski definition) is 1. The Hall–Kier alpha value is -0.770. The summed E-state index contributed by atoms with van der Waals surface area (Å²) in [4.78, 5) is 14.1. The molecule has 1 amide bonds. The van der Waals surface area contributed by atoms with Crippen molar-refractivity contribution >= 4 is 6.09 Å². The molecule has 2 atom stereocenters. The van der Waals surface area contributed by atoms with Crippen LogP contribution in [0, 0.1) is 5.92 Å². The Morgan fingerprint density at radius 3 is 2.59 bits per heavy atom. The number of hydrogen-bond acceptors (Lipinski definition) is 3. The second kappa shape index (κ2) is 9.39. The maximum Gasteiger partial charge on any atom is 0.409 e. The summed E-state index contributed by atoms with van der Waals surface area (Å²) >= 11 is 0. The van der Waals surface area contributed by atoms with Gasteiger partial charge >= 0.3 is 6.09 Å². The smallest absolute Gasteiger partial charge is 0.409 e. The van der Waals surface area contributed by atoms with E-state index in [0.29, 0.717) is 24.6 Å². The average Bonchev–Trinajstić information content (AvgIpc) is 2.54. The van der Waals surface area contributed by atoms with Crippen molar-refractivity contribution < 1.29 is 9.53 Å². The van der Waals surface area contributed by atoms with Crippen LogP contribution >= 0.6 is 0 Å². The minimum Gasteiger partial charge on any atom is -0.450 e. The van der Waals surface area contributed by atoms with Crippen molar-refractivity contribution in [2.45, 2.75) is 83.7 Å². The number of nitrogens with one attached hydrogen (secondary N) is 1. The fraction of sp³-hybridized carbons (Fsp3) is 0.944. The van der Waals surface area contributed by atoms with Crippen molar-refractivity contribution in [3.8, 4) is 0 Å². The van der Waals surface area contributed by atoms with Crippen LogP contribution in [0.2, 0.25) is 0 Å². The summed E-state index contributed by atoms with van der Waals surface area (Å²) in [5, 5.41) is 3.84. The number of nitrogens with zero attached hydrogens (tertiary/aromatic N) is 1. The SMILES string of the molecule is CCCCC1CC(NC2CCCCC2)CN(C(=O)OCC)C1. The van der Waals surface area contributed by atoms with Gasteiger partial charge in [-0.3, -0.25) is 0 Å². The van der Waals surface area contributed by atoms with E-state index in [2.05, 4.69) is 12.2 Å². The number of ether oxygens (including phenoxy) is 1. The Balaban J connectivity index is 1.90. The zero-order valence-corrected chi connectivity index (χ0v) is 14.5. The van der Waals surface area contributed by atoms with Gasteiger partial charge in [-0.15, -0.1) is 0 Å². The highest BCUT2D eigenvalue weighted by Crippen LogP contribution is 2.25. The number of unbranched alkanes of at least 4 members (excludes halogenated alkanes) is 1. The fourth-order valence-electron chi connectivity index (χ4n) is 3.99. The normalized spacial score (nSPS) is 26.9. The van der Waals surface area contributed by atoms with Crippen molar-refractivity contribution in [3.63, 3.8) is 0 Å². The Bertz CT molecular complexity index is 329. The van der Waals surface area contributed by atoms with Crippen molar-refractivity contribution in [1.82, 2.24) is 10.2 Å². The van der Waals surface area contributed by atoms with Crippen LogP contribution in [-0.4, -0.2) is 42.8 Å². The van der Waals surface area contributed by atoms with E-state index >= 15 is 0 Å². The Morgan fingerprint density at radius 2 is 1.91 bits per heavy atom. The highest BCUT2D eigenvalue weighted by Gasteiger charge is 2.31. The quantitative estimate of drug-likeness (QED) is 0.808. The lowest BCUT2D eigenvalue weighted by atomic mass is 9.88. The van der Waals surface area contributed by atoms with E-state index in [1.807, 2.05) is 11.8 Å². The first-order chi connectivity index (χ1) is 10.7. The van der Waals surface area contributed by atoms with Gasteiger partial charge in [0.15, 0.2) is 0 Å². The van der Waals surface area contributed by atoms with Gasteiger partial charge in [0, 0.05) is 25.2 Å². The van der Waals surface area contributed by atoms with Gasteiger partial charge in [-0.2, -0.15) is 0 Å². The van der Waals surface area contributed by atoms with Crippen molar-refractivity contribution in [2.75, 3.05) is 19.7 Å². The van der Waals surface area contributed by atoms with Crippen LogP contribution in [0.25, 0.3) is 0 Å². The van der Waals surface area contributed by atoms with E-state index < -0.39 is 0 Å². The second-order valence-corrected chi connectivity index (χ2v) is 7.05. The van der Waals surface area contributed by atoms with Crippen LogP contribution < -0.4 is 5.32 Å². The molecule has 4 nitrogen and oxygen atoms in total. The van der Waals surface area contributed by atoms with Gasteiger partial charge in [0.05, 0.1) is 6.61 Å². The topological polar surface area (TPSA) is 41.6 Å². The zero-order chi connectivity index (χ0) is 15.8. The van der Waals surface area contributed by atoms with Gasteiger partial charge in [0.25, 0.3) is 0 Å². The number of rotatable bonds is 6. The molecule has 128 valence electrons. The highest BCUT2D eigenvalue weighted by molar-refractivity contribution is 5.67. The fourth-order valence-corrected chi connectivity index (χ4v) is 3.99. The van der Waals surface area contributed by atoms with Gasteiger partial charge in [-0.1, -0.05) is 39.0 Å². The molecule has 4 heteroatoms. The van der Waals surface area contributed by atoms with Crippen molar-refractivity contribution in [1.29, 1.82) is 0 Å². The second-order valence-electron chi connectivity index (χ2n) is 7.05. The molecule has 2 unspecified atom stereocenters. The Morgan fingerprint density at radius 1 is 1.14 bits per heavy atom. The number of carbonyl (C=O) groups excluding carboxylic acids is 1. The molecule has 2 rings (SSSR count). The molecule has 0 bridgehead atoms. The van der Waals surface area contributed by atoms with E-state index in [4.69, 9.17) is 4.74 Å². The predicted molar refractivity (Wildman–Crippen MR) is 90.0 cm³/mol. The summed E-state index contributed by atoms with van der Waals surface area (Å²) in [6.07, 6.45) is 11.5. The van der Waals surface area contributed by atoms with Gasteiger partial charge in [-0.25, -0.2) is 4.79 Å². The molecule has 0 aromatic carbocycles. The maximum atomic E-state index is 12.1. The molecule has 1 saturated carbocycles. The van der Waals surface area contributed by atoms with Crippen LogP contribution in [0.5, 0.6) is 0 Å². The minimum absolute atomic E-state index is 0.126. The van der Waals surface area contributed by atoms with Crippen LogP contribution in [0.3, 0.4) is 0 Å². The summed E-state index contributed by atoms with van der Waals surface area (Å²) in [6, 6.07) is 1.11. The molecule has 0 aromatic heterocycles. The van der Waals surface area contributed by atoms with Crippen LogP contribution in [0.4, 0.5) is 4.79 Å².